The maximum Gasteiger partial charge on any atom is 0.161 e. The molecule has 0 saturated carbocycles. The highest BCUT2D eigenvalue weighted by atomic mass is 16.5. The molecular weight excluding hydrogens is 436 g/mol. The second-order valence-corrected chi connectivity index (χ2v) is 8.35. The molecule has 178 valence electrons. The molecule has 2 aliphatic carbocycles. The maximum absolute atomic E-state index is 5.75. The molecule has 0 unspecified atom stereocenters. The molecule has 1 spiro atoms. The van der Waals surface area contributed by atoms with Crippen LogP contribution >= 0.6 is 0 Å². The fourth-order valence-corrected chi connectivity index (χ4v) is 5.78. The van der Waals surface area contributed by atoms with Crippen LogP contribution in [0.2, 0.25) is 0 Å². The Morgan fingerprint density at radius 3 is 1.14 bits per heavy atom. The van der Waals surface area contributed by atoms with Crippen LogP contribution in [-0.2, 0) is 5.41 Å². The van der Waals surface area contributed by atoms with Crippen LogP contribution in [0.4, 0.5) is 0 Å². The van der Waals surface area contributed by atoms with Crippen molar-refractivity contribution >= 4 is 0 Å². The van der Waals surface area contributed by atoms with E-state index in [1.54, 1.807) is 28.4 Å². The lowest BCUT2D eigenvalue weighted by Gasteiger charge is -2.31. The lowest BCUT2D eigenvalue weighted by molar-refractivity contribution is 0.354. The largest absolute Gasteiger partial charge is 0.493 e. The fraction of sp³-hybridized carbons (Fsp3) is 0.226. The summed E-state index contributed by atoms with van der Waals surface area (Å²) >= 11 is 0. The van der Waals surface area contributed by atoms with Gasteiger partial charge in [0.05, 0.1) is 33.9 Å². The Kier molecular flexibility index (Phi) is 5.68. The van der Waals surface area contributed by atoms with Gasteiger partial charge in [-0.05, 0) is 68.8 Å². The Hall–Kier alpha value is -3.92. The molecule has 0 N–H and O–H groups in total. The summed E-state index contributed by atoms with van der Waals surface area (Å²) in [5, 5.41) is 0. The minimum absolute atomic E-state index is 0.489. The summed E-state index contributed by atoms with van der Waals surface area (Å²) in [6, 6.07) is 25.8. The first-order chi connectivity index (χ1) is 17.2. The summed E-state index contributed by atoms with van der Waals surface area (Å²) in [6.07, 6.45) is 0. The van der Waals surface area contributed by atoms with Crippen LogP contribution in [0.25, 0.3) is 22.3 Å². The minimum atomic E-state index is -0.489. The Labute approximate surface area is 207 Å². The predicted octanol–water partition coefficient (Wildman–Crippen LogP) is 7.09. The molecule has 0 radical (unpaired) electrons. The van der Waals surface area contributed by atoms with Gasteiger partial charge in [-0.15, -0.1) is 0 Å². The molecule has 0 heterocycles. The predicted molar refractivity (Wildman–Crippen MR) is 140 cm³/mol. The van der Waals surface area contributed by atoms with E-state index < -0.39 is 5.41 Å². The Morgan fingerprint density at radius 2 is 0.771 bits per heavy atom. The zero-order valence-electron chi connectivity index (χ0n) is 21.1. The lowest BCUT2D eigenvalue weighted by Crippen LogP contribution is -2.26. The van der Waals surface area contributed by atoms with Crippen molar-refractivity contribution in [3.05, 3.63) is 95.1 Å². The van der Waals surface area contributed by atoms with Gasteiger partial charge in [-0.1, -0.05) is 62.4 Å². The Bertz CT molecular complexity index is 1310. The normalized spacial score (nSPS) is 13.1. The first-order valence-electron chi connectivity index (χ1n) is 11.9. The topological polar surface area (TPSA) is 36.9 Å². The Morgan fingerprint density at radius 1 is 0.429 bits per heavy atom. The van der Waals surface area contributed by atoms with Crippen molar-refractivity contribution in [1.82, 2.24) is 0 Å². The monoisotopic (exact) mass is 466 g/mol. The van der Waals surface area contributed by atoms with E-state index >= 15 is 0 Å². The van der Waals surface area contributed by atoms with Gasteiger partial charge >= 0.3 is 0 Å². The summed E-state index contributed by atoms with van der Waals surface area (Å²) in [5.74, 6) is 2.83. The van der Waals surface area contributed by atoms with Crippen LogP contribution in [-0.4, -0.2) is 28.4 Å². The number of fused-ring (bicyclic) bond motifs is 10. The summed E-state index contributed by atoms with van der Waals surface area (Å²) in [5.41, 5.74) is 9.07. The molecule has 0 fully saturated rings. The number of hydrogen-bond acceptors (Lipinski definition) is 4. The van der Waals surface area contributed by atoms with E-state index in [0.29, 0.717) is 23.0 Å². The zero-order chi connectivity index (χ0) is 24.7. The van der Waals surface area contributed by atoms with Crippen molar-refractivity contribution in [2.45, 2.75) is 19.3 Å². The number of rotatable bonds is 4. The van der Waals surface area contributed by atoms with Crippen molar-refractivity contribution in [2.75, 3.05) is 28.4 Å². The van der Waals surface area contributed by atoms with Gasteiger partial charge in [-0.25, -0.2) is 0 Å². The first kappa shape index (κ1) is 22.9. The standard InChI is InChI=1S/C29H24O4.C2H6/c1-30-25-13-19-20-14-26(31-2)28(33-4)16-24(20)29(23(19)15-27(25)32-3)21-11-7-5-9-17(21)18-10-6-8-12-22(18)29;1-2/h5-16H,1-4H3;1-2H3. The lowest BCUT2D eigenvalue weighted by atomic mass is 9.70. The van der Waals surface area contributed by atoms with E-state index in [2.05, 4.69) is 72.8 Å². The van der Waals surface area contributed by atoms with E-state index in [1.807, 2.05) is 13.8 Å². The average molecular weight is 467 g/mol. The number of benzene rings is 4. The third kappa shape index (κ3) is 2.92. The molecule has 0 amide bonds. The van der Waals surface area contributed by atoms with Crippen LogP contribution in [0.1, 0.15) is 36.1 Å². The summed E-state index contributed by atoms with van der Waals surface area (Å²) in [7, 11) is 6.71. The molecule has 0 aromatic heterocycles. The van der Waals surface area contributed by atoms with Gasteiger partial charge in [-0.3, -0.25) is 0 Å². The van der Waals surface area contributed by atoms with Crippen LogP contribution in [0.3, 0.4) is 0 Å². The SMILES string of the molecule is CC.COc1cc2c(cc1OC)C1(c3ccccc3-c3ccccc31)c1cc(OC)c(OC)cc1-2. The highest BCUT2D eigenvalue weighted by Gasteiger charge is 2.52. The van der Waals surface area contributed by atoms with Crippen LogP contribution in [0.5, 0.6) is 23.0 Å². The van der Waals surface area contributed by atoms with E-state index in [1.165, 1.54) is 33.4 Å². The van der Waals surface area contributed by atoms with E-state index in [9.17, 15) is 0 Å². The molecule has 4 nitrogen and oxygen atoms in total. The van der Waals surface area contributed by atoms with Crippen LogP contribution < -0.4 is 18.9 Å². The van der Waals surface area contributed by atoms with Crippen molar-refractivity contribution in [3.63, 3.8) is 0 Å². The number of hydrogen-bond donors (Lipinski definition) is 0. The molecule has 6 rings (SSSR count). The van der Waals surface area contributed by atoms with Crippen molar-refractivity contribution in [2.24, 2.45) is 0 Å². The third-order valence-electron chi connectivity index (χ3n) is 7.10. The highest BCUT2D eigenvalue weighted by Crippen LogP contribution is 2.64. The van der Waals surface area contributed by atoms with Gasteiger partial charge in [0.15, 0.2) is 23.0 Å². The molecule has 4 aromatic carbocycles. The second-order valence-electron chi connectivity index (χ2n) is 8.35. The van der Waals surface area contributed by atoms with Gasteiger partial charge in [0.2, 0.25) is 0 Å². The fourth-order valence-electron chi connectivity index (χ4n) is 5.78. The quantitative estimate of drug-likeness (QED) is 0.278. The van der Waals surface area contributed by atoms with Crippen molar-refractivity contribution in [1.29, 1.82) is 0 Å². The van der Waals surface area contributed by atoms with Crippen molar-refractivity contribution < 1.29 is 18.9 Å². The van der Waals surface area contributed by atoms with E-state index in [-0.39, 0.29) is 0 Å². The van der Waals surface area contributed by atoms with Gasteiger partial charge in [0.1, 0.15) is 0 Å². The van der Waals surface area contributed by atoms with Crippen molar-refractivity contribution in [3.8, 4) is 45.3 Å². The van der Waals surface area contributed by atoms with Gasteiger partial charge < -0.3 is 18.9 Å². The van der Waals surface area contributed by atoms with E-state index in [0.717, 1.165) is 11.1 Å². The summed E-state index contributed by atoms with van der Waals surface area (Å²) in [4.78, 5) is 0. The van der Waals surface area contributed by atoms with Gasteiger partial charge in [0, 0.05) is 0 Å². The molecule has 4 aromatic rings. The van der Waals surface area contributed by atoms with Crippen LogP contribution in [0, 0.1) is 0 Å². The highest BCUT2D eigenvalue weighted by molar-refractivity contribution is 5.96. The molecule has 4 heteroatoms. The van der Waals surface area contributed by atoms with Crippen LogP contribution in [0.15, 0.2) is 72.8 Å². The molecule has 35 heavy (non-hydrogen) atoms. The van der Waals surface area contributed by atoms with E-state index in [4.69, 9.17) is 18.9 Å². The summed E-state index contributed by atoms with van der Waals surface area (Å²) in [6.45, 7) is 4.00. The number of methoxy groups -OCH3 is 4. The Balaban J connectivity index is 0.00000124. The number of ether oxygens (including phenoxy) is 4. The zero-order valence-corrected chi connectivity index (χ0v) is 21.1. The molecular formula is C31H30O4. The first-order valence-corrected chi connectivity index (χ1v) is 11.9. The molecule has 2 aliphatic rings. The molecule has 0 aliphatic heterocycles. The second kappa shape index (κ2) is 8.70. The van der Waals surface area contributed by atoms with Gasteiger partial charge in [0.25, 0.3) is 0 Å². The minimum Gasteiger partial charge on any atom is -0.493 e. The third-order valence-corrected chi connectivity index (χ3v) is 7.10. The molecule has 0 bridgehead atoms. The summed E-state index contributed by atoms with van der Waals surface area (Å²) < 4.78 is 22.9. The average Bonchev–Trinajstić information content (AvgIpc) is 3.38. The van der Waals surface area contributed by atoms with Gasteiger partial charge in [-0.2, -0.15) is 0 Å². The molecule has 0 saturated heterocycles. The maximum atomic E-state index is 5.75. The molecule has 0 atom stereocenters. The smallest absolute Gasteiger partial charge is 0.161 e.